The predicted molar refractivity (Wildman–Crippen MR) is 164 cm³/mol. The van der Waals surface area contributed by atoms with E-state index in [1.165, 1.54) is 18.2 Å². The number of ether oxygens (including phenoxy) is 1. The van der Waals surface area contributed by atoms with Gasteiger partial charge >= 0.3 is 12.0 Å². The molecule has 0 aromatic heterocycles. The normalized spacial score (nSPS) is 9.95. The van der Waals surface area contributed by atoms with Crippen LogP contribution in [-0.4, -0.2) is 30.3 Å². The number of hydrogen-bond acceptors (Lipinski definition) is 4. The van der Waals surface area contributed by atoms with E-state index < -0.39 is 24.4 Å². The number of nitrogens with zero attached hydrogens (tertiary/aromatic N) is 1. The number of anilines is 3. The van der Waals surface area contributed by atoms with Gasteiger partial charge in [-0.1, -0.05) is 76.9 Å². The van der Waals surface area contributed by atoms with E-state index in [0.717, 1.165) is 11.6 Å². The van der Waals surface area contributed by atoms with Crippen LogP contribution in [0.5, 0.6) is 5.75 Å². The molecule has 0 saturated heterocycles. The van der Waals surface area contributed by atoms with E-state index in [0.29, 0.717) is 29.5 Å². The van der Waals surface area contributed by atoms with Gasteiger partial charge in [-0.15, -0.1) is 0 Å². The van der Waals surface area contributed by atoms with E-state index in [4.69, 9.17) is 33.0 Å². The van der Waals surface area contributed by atoms with E-state index in [1.807, 2.05) is 39.8 Å². The van der Waals surface area contributed by atoms with Gasteiger partial charge in [0.1, 0.15) is 11.6 Å². The average molecular weight is 595 g/mol. The molecule has 0 unspecified atom stereocenters. The highest BCUT2D eigenvalue weighted by molar-refractivity contribution is 6.30. The summed E-state index contributed by atoms with van der Waals surface area (Å²) < 4.78 is 19.5. The first-order valence-corrected chi connectivity index (χ1v) is 13.9. The SMILES string of the molecule is CC.CC.CC(C)CN(Cc1ccc(Cl)cc1)c1ccc(OCC(=O)O)cc1NC(=O)Nc1ccc(Cl)cc1F. The first-order chi connectivity index (χ1) is 19.1. The summed E-state index contributed by atoms with van der Waals surface area (Å²) in [7, 11) is 0. The van der Waals surface area contributed by atoms with Gasteiger partial charge in [-0.05, 0) is 53.9 Å². The maximum absolute atomic E-state index is 14.2. The number of halogens is 3. The molecule has 0 fully saturated rings. The Hall–Kier alpha value is -3.49. The van der Waals surface area contributed by atoms with Crippen molar-refractivity contribution >= 4 is 52.3 Å². The standard InChI is InChI=1S/C26H26Cl2FN3O4.2C2H6/c1-16(2)13-32(14-17-3-5-18(27)6-4-17)24-10-8-20(36-15-25(33)34)12-23(24)31-26(35)30-22-9-7-19(28)11-21(22)29;2*1-2/h3-12,16H,13-15H2,1-2H3,(H,33,34)(H2,30,31,35);2*1-2H3. The molecule has 0 bridgehead atoms. The molecule has 0 saturated carbocycles. The van der Waals surface area contributed by atoms with Crippen molar-refractivity contribution in [3.05, 3.63) is 82.1 Å². The minimum Gasteiger partial charge on any atom is -0.482 e. The van der Waals surface area contributed by atoms with Crippen molar-refractivity contribution in [3.8, 4) is 5.75 Å². The van der Waals surface area contributed by atoms with Crippen LogP contribution in [-0.2, 0) is 11.3 Å². The number of carboxylic acids is 1. The molecule has 0 atom stereocenters. The number of nitrogens with one attached hydrogen (secondary N) is 2. The lowest BCUT2D eigenvalue weighted by Crippen LogP contribution is -2.29. The molecule has 3 aromatic rings. The van der Waals surface area contributed by atoms with Crippen LogP contribution in [0.1, 0.15) is 47.1 Å². The van der Waals surface area contributed by atoms with Gasteiger partial charge in [0.15, 0.2) is 6.61 Å². The topological polar surface area (TPSA) is 90.9 Å². The number of carbonyl (C=O) groups is 2. The number of carbonyl (C=O) groups excluding carboxylic acids is 1. The minimum atomic E-state index is -1.13. The second kappa shape index (κ2) is 18.0. The molecule has 2 amide bonds. The Labute approximate surface area is 246 Å². The molecule has 218 valence electrons. The molecule has 3 rings (SSSR count). The molecular formula is C30H38Cl2FN3O4. The molecule has 0 spiro atoms. The lowest BCUT2D eigenvalue weighted by Gasteiger charge is -2.29. The summed E-state index contributed by atoms with van der Waals surface area (Å²) in [6, 6.07) is 15.6. The van der Waals surface area contributed by atoms with Crippen molar-refractivity contribution in [2.24, 2.45) is 5.92 Å². The number of urea groups is 1. The third kappa shape index (κ3) is 11.7. The van der Waals surface area contributed by atoms with Crippen LogP contribution in [0.25, 0.3) is 0 Å². The summed E-state index contributed by atoms with van der Waals surface area (Å²) in [6.45, 7) is 12.8. The third-order valence-corrected chi connectivity index (χ3v) is 5.46. The van der Waals surface area contributed by atoms with E-state index >= 15 is 0 Å². The molecular weight excluding hydrogens is 556 g/mol. The lowest BCUT2D eigenvalue weighted by atomic mass is 10.1. The molecule has 0 heterocycles. The molecule has 3 aromatic carbocycles. The second-order valence-electron chi connectivity index (χ2n) is 8.47. The summed E-state index contributed by atoms with van der Waals surface area (Å²) in [6.07, 6.45) is 0. The Morgan fingerprint density at radius 2 is 1.50 bits per heavy atom. The summed E-state index contributed by atoms with van der Waals surface area (Å²) >= 11 is 11.8. The summed E-state index contributed by atoms with van der Waals surface area (Å²) in [5.74, 6) is -1.27. The van der Waals surface area contributed by atoms with Gasteiger partial charge in [-0.3, -0.25) is 0 Å². The van der Waals surface area contributed by atoms with Crippen molar-refractivity contribution in [2.75, 3.05) is 28.7 Å². The van der Waals surface area contributed by atoms with Crippen molar-refractivity contribution in [3.63, 3.8) is 0 Å². The highest BCUT2D eigenvalue weighted by atomic mass is 35.5. The zero-order chi connectivity index (χ0) is 30.2. The fourth-order valence-corrected chi connectivity index (χ4v) is 3.78. The van der Waals surface area contributed by atoms with Gasteiger partial charge in [0.25, 0.3) is 0 Å². The molecule has 0 aliphatic carbocycles. The number of carboxylic acid groups (broad SMARTS) is 1. The van der Waals surface area contributed by atoms with Crippen molar-refractivity contribution in [1.82, 2.24) is 0 Å². The molecule has 0 radical (unpaired) electrons. The number of aliphatic carboxylic acids is 1. The molecule has 10 heteroatoms. The summed E-state index contributed by atoms with van der Waals surface area (Å²) in [4.78, 5) is 25.8. The van der Waals surface area contributed by atoms with E-state index in [9.17, 15) is 14.0 Å². The zero-order valence-electron chi connectivity index (χ0n) is 23.7. The van der Waals surface area contributed by atoms with Gasteiger partial charge in [-0.2, -0.15) is 0 Å². The fraction of sp³-hybridized carbons (Fsp3) is 0.333. The Morgan fingerprint density at radius 3 is 2.08 bits per heavy atom. The quantitative estimate of drug-likeness (QED) is 0.218. The van der Waals surface area contributed by atoms with Gasteiger partial charge in [0.05, 0.1) is 17.1 Å². The van der Waals surface area contributed by atoms with Gasteiger partial charge in [0.2, 0.25) is 0 Å². The number of rotatable bonds is 10. The van der Waals surface area contributed by atoms with Gasteiger partial charge in [0, 0.05) is 29.2 Å². The van der Waals surface area contributed by atoms with Crippen LogP contribution in [0.4, 0.5) is 26.2 Å². The first-order valence-electron chi connectivity index (χ1n) is 13.1. The predicted octanol–water partition coefficient (Wildman–Crippen LogP) is 8.95. The lowest BCUT2D eigenvalue weighted by molar-refractivity contribution is -0.139. The largest absolute Gasteiger partial charge is 0.482 e. The van der Waals surface area contributed by atoms with Crippen LogP contribution < -0.4 is 20.3 Å². The van der Waals surface area contributed by atoms with E-state index in [1.54, 1.807) is 24.3 Å². The van der Waals surface area contributed by atoms with Crippen molar-refractivity contribution in [1.29, 1.82) is 0 Å². The maximum Gasteiger partial charge on any atom is 0.341 e. The van der Waals surface area contributed by atoms with E-state index in [2.05, 4.69) is 29.4 Å². The Balaban J connectivity index is 0.00000191. The summed E-state index contributed by atoms with van der Waals surface area (Å²) in [5.41, 5.74) is 1.99. The molecule has 0 aliphatic rings. The minimum absolute atomic E-state index is 0.0445. The van der Waals surface area contributed by atoms with Crippen LogP contribution in [0.2, 0.25) is 10.0 Å². The zero-order valence-corrected chi connectivity index (χ0v) is 25.2. The Kier molecular flexibility index (Phi) is 15.5. The summed E-state index contributed by atoms with van der Waals surface area (Å²) in [5, 5.41) is 15.0. The monoisotopic (exact) mass is 593 g/mol. The smallest absolute Gasteiger partial charge is 0.341 e. The molecule has 7 nitrogen and oxygen atoms in total. The third-order valence-electron chi connectivity index (χ3n) is 4.97. The van der Waals surface area contributed by atoms with Crippen LogP contribution in [0, 0.1) is 11.7 Å². The van der Waals surface area contributed by atoms with E-state index in [-0.39, 0.29) is 22.4 Å². The highest BCUT2D eigenvalue weighted by Crippen LogP contribution is 2.33. The first kappa shape index (κ1) is 34.5. The average Bonchev–Trinajstić information content (AvgIpc) is 2.92. The fourth-order valence-electron chi connectivity index (χ4n) is 3.49. The van der Waals surface area contributed by atoms with Gasteiger partial charge < -0.3 is 25.4 Å². The number of benzene rings is 3. The van der Waals surface area contributed by atoms with Crippen LogP contribution >= 0.6 is 23.2 Å². The van der Waals surface area contributed by atoms with Crippen LogP contribution in [0.3, 0.4) is 0 Å². The Morgan fingerprint density at radius 1 is 0.900 bits per heavy atom. The maximum atomic E-state index is 14.2. The van der Waals surface area contributed by atoms with Crippen molar-refractivity contribution in [2.45, 2.75) is 48.1 Å². The number of hydrogen-bond donors (Lipinski definition) is 3. The highest BCUT2D eigenvalue weighted by Gasteiger charge is 2.18. The second-order valence-corrected chi connectivity index (χ2v) is 9.34. The van der Waals surface area contributed by atoms with Crippen LogP contribution in [0.15, 0.2) is 60.7 Å². The number of amides is 2. The molecule has 3 N–H and O–H groups in total. The Bertz CT molecular complexity index is 1220. The van der Waals surface area contributed by atoms with Crippen molar-refractivity contribution < 1.29 is 23.8 Å². The molecule has 40 heavy (non-hydrogen) atoms. The van der Waals surface area contributed by atoms with Gasteiger partial charge in [-0.25, -0.2) is 14.0 Å². The molecule has 0 aliphatic heterocycles.